The topological polar surface area (TPSA) is 79.6 Å². The number of sulfonamides is 1. The summed E-state index contributed by atoms with van der Waals surface area (Å²) in [6.45, 7) is 5.40. The van der Waals surface area contributed by atoms with Crippen LogP contribution in [0.3, 0.4) is 0 Å². The van der Waals surface area contributed by atoms with Crippen LogP contribution in [0.15, 0.2) is 45.7 Å². The van der Waals surface area contributed by atoms with Crippen LogP contribution < -0.4 is 4.72 Å². The summed E-state index contributed by atoms with van der Waals surface area (Å²) in [5.41, 5.74) is 1.01. The van der Waals surface area contributed by atoms with Gasteiger partial charge in [-0.05, 0) is 49.9 Å². The van der Waals surface area contributed by atoms with E-state index in [1.807, 2.05) is 19.9 Å². The van der Waals surface area contributed by atoms with E-state index in [0.717, 1.165) is 30.6 Å². The average Bonchev–Trinajstić information content (AvgIpc) is 3.16. The Balaban J connectivity index is 1.59. The number of rotatable bonds is 6. The Hall–Kier alpha value is -2.12. The molecule has 0 spiro atoms. The monoisotopic (exact) mass is 390 g/mol. The van der Waals surface area contributed by atoms with Crippen molar-refractivity contribution >= 4 is 15.9 Å². The van der Waals surface area contributed by atoms with Gasteiger partial charge < -0.3 is 9.32 Å². The van der Waals surface area contributed by atoms with E-state index in [2.05, 4.69) is 4.72 Å². The zero-order valence-corrected chi connectivity index (χ0v) is 16.6. The molecule has 0 saturated carbocycles. The second kappa shape index (κ2) is 8.27. The molecule has 7 heteroatoms. The van der Waals surface area contributed by atoms with Crippen LogP contribution in [0.1, 0.15) is 41.6 Å². The number of hydrogen-bond donors (Lipinski definition) is 1. The van der Waals surface area contributed by atoms with E-state index in [0.29, 0.717) is 25.4 Å². The van der Waals surface area contributed by atoms with Gasteiger partial charge in [-0.1, -0.05) is 24.6 Å². The van der Waals surface area contributed by atoms with E-state index in [4.69, 9.17) is 4.42 Å². The Morgan fingerprint density at radius 1 is 1.22 bits per heavy atom. The van der Waals surface area contributed by atoms with Gasteiger partial charge in [0, 0.05) is 26.1 Å². The Kier molecular flexibility index (Phi) is 6.01. The maximum Gasteiger partial charge on any atom is 0.289 e. The maximum atomic E-state index is 12.6. The highest BCUT2D eigenvalue weighted by Crippen LogP contribution is 2.20. The number of amides is 1. The minimum Gasteiger partial charge on any atom is -0.456 e. The molecule has 1 unspecified atom stereocenters. The zero-order chi connectivity index (χ0) is 19.4. The van der Waals surface area contributed by atoms with Gasteiger partial charge in [-0.3, -0.25) is 4.79 Å². The van der Waals surface area contributed by atoms with Gasteiger partial charge >= 0.3 is 0 Å². The molecule has 1 atom stereocenters. The fraction of sp³-hybridized carbons (Fsp3) is 0.450. The molecule has 2 aromatic rings. The van der Waals surface area contributed by atoms with Crippen LogP contribution in [0, 0.1) is 12.8 Å². The maximum absolute atomic E-state index is 12.6. The molecule has 1 aromatic carbocycles. The number of aryl methyl sites for hydroxylation is 2. The number of benzene rings is 1. The summed E-state index contributed by atoms with van der Waals surface area (Å²) >= 11 is 0. The highest BCUT2D eigenvalue weighted by molar-refractivity contribution is 7.89. The second-order valence-corrected chi connectivity index (χ2v) is 8.81. The minimum absolute atomic E-state index is 0.0866. The van der Waals surface area contributed by atoms with Gasteiger partial charge in [0.15, 0.2) is 5.76 Å². The van der Waals surface area contributed by atoms with Crippen LogP contribution >= 0.6 is 0 Å². The molecule has 1 aliphatic rings. The molecule has 1 amide bonds. The van der Waals surface area contributed by atoms with Gasteiger partial charge in [0.1, 0.15) is 5.76 Å². The number of nitrogens with zero attached hydrogens (tertiary/aromatic N) is 1. The molecule has 1 fully saturated rings. The molecule has 1 N–H and O–H groups in total. The van der Waals surface area contributed by atoms with Crippen molar-refractivity contribution < 1.29 is 17.6 Å². The van der Waals surface area contributed by atoms with Gasteiger partial charge in [-0.25, -0.2) is 13.1 Å². The van der Waals surface area contributed by atoms with Gasteiger partial charge in [-0.15, -0.1) is 0 Å². The summed E-state index contributed by atoms with van der Waals surface area (Å²) in [6, 6.07) is 10.3. The fourth-order valence-corrected chi connectivity index (χ4v) is 4.40. The predicted molar refractivity (Wildman–Crippen MR) is 103 cm³/mol. The number of piperidine rings is 1. The number of hydrogen-bond acceptors (Lipinski definition) is 4. The first kappa shape index (κ1) is 19.6. The van der Waals surface area contributed by atoms with Crippen molar-refractivity contribution in [3.05, 3.63) is 53.5 Å². The molecule has 6 nitrogen and oxygen atoms in total. The molecule has 1 aliphatic heterocycles. The number of nitrogens with one attached hydrogen (secondary N) is 1. The highest BCUT2D eigenvalue weighted by atomic mass is 32.2. The zero-order valence-electron chi connectivity index (χ0n) is 15.8. The van der Waals surface area contributed by atoms with E-state index in [1.165, 1.54) is 0 Å². The van der Waals surface area contributed by atoms with E-state index in [-0.39, 0.29) is 16.7 Å². The number of furan rings is 1. The van der Waals surface area contributed by atoms with E-state index in [1.54, 1.807) is 35.2 Å². The fourth-order valence-electron chi connectivity index (χ4n) is 3.28. The van der Waals surface area contributed by atoms with Crippen molar-refractivity contribution in [1.82, 2.24) is 9.62 Å². The molecule has 1 aromatic heterocycles. The van der Waals surface area contributed by atoms with Crippen LogP contribution in [0.5, 0.6) is 0 Å². The molecular weight excluding hydrogens is 364 g/mol. The second-order valence-electron chi connectivity index (χ2n) is 7.04. The molecule has 0 radical (unpaired) electrons. The van der Waals surface area contributed by atoms with Crippen molar-refractivity contribution in [2.24, 2.45) is 5.92 Å². The minimum atomic E-state index is -3.54. The van der Waals surface area contributed by atoms with Crippen LogP contribution in [-0.2, 0) is 16.4 Å². The number of likely N-dealkylation sites (tertiary alicyclic amines) is 1. The quantitative estimate of drug-likeness (QED) is 0.822. The number of carbonyl (C=O) groups excluding carboxylic acids is 1. The van der Waals surface area contributed by atoms with Crippen LogP contribution in [0.2, 0.25) is 0 Å². The van der Waals surface area contributed by atoms with Crippen LogP contribution in [-0.4, -0.2) is 38.9 Å². The summed E-state index contributed by atoms with van der Waals surface area (Å²) in [6.07, 6.45) is 2.49. The normalized spacial score (nSPS) is 17.9. The standard InChI is InChI=1S/C20H26N2O4S/c1-3-17-8-11-19(26-17)20(23)22-12-4-5-16(14-22)13-21-27(24,25)18-9-6-15(2)7-10-18/h6-11,16,21H,3-5,12-14H2,1-2H3. The lowest BCUT2D eigenvalue weighted by Gasteiger charge is -2.32. The van der Waals surface area contributed by atoms with Crippen molar-refractivity contribution in [2.75, 3.05) is 19.6 Å². The van der Waals surface area contributed by atoms with Gasteiger partial charge in [0.25, 0.3) is 5.91 Å². The lowest BCUT2D eigenvalue weighted by molar-refractivity contribution is 0.0642. The van der Waals surface area contributed by atoms with Gasteiger partial charge in [-0.2, -0.15) is 0 Å². The SMILES string of the molecule is CCc1ccc(C(=O)N2CCCC(CNS(=O)(=O)c3ccc(C)cc3)C2)o1. The van der Waals surface area contributed by atoms with Crippen LogP contribution in [0.25, 0.3) is 0 Å². The lowest BCUT2D eigenvalue weighted by atomic mass is 9.98. The molecule has 146 valence electrons. The van der Waals surface area contributed by atoms with Gasteiger partial charge in [0.05, 0.1) is 4.90 Å². The molecule has 0 aliphatic carbocycles. The molecule has 0 bridgehead atoms. The third-order valence-corrected chi connectivity index (χ3v) is 6.36. The van der Waals surface area contributed by atoms with Crippen molar-refractivity contribution in [2.45, 2.75) is 38.0 Å². The molecule has 27 heavy (non-hydrogen) atoms. The highest BCUT2D eigenvalue weighted by Gasteiger charge is 2.27. The third kappa shape index (κ3) is 4.78. The Bertz CT molecular complexity index is 887. The van der Waals surface area contributed by atoms with Crippen molar-refractivity contribution in [3.63, 3.8) is 0 Å². The van der Waals surface area contributed by atoms with E-state index >= 15 is 0 Å². The molecule has 2 heterocycles. The first-order valence-corrected chi connectivity index (χ1v) is 10.8. The summed E-state index contributed by atoms with van der Waals surface area (Å²) in [5.74, 6) is 1.11. The summed E-state index contributed by atoms with van der Waals surface area (Å²) in [5, 5.41) is 0. The summed E-state index contributed by atoms with van der Waals surface area (Å²) in [7, 11) is -3.54. The Morgan fingerprint density at radius 2 is 1.96 bits per heavy atom. The summed E-state index contributed by atoms with van der Waals surface area (Å²) < 4.78 is 33.2. The van der Waals surface area contributed by atoms with Crippen molar-refractivity contribution in [1.29, 1.82) is 0 Å². The third-order valence-electron chi connectivity index (χ3n) is 4.92. The van der Waals surface area contributed by atoms with Gasteiger partial charge in [0.2, 0.25) is 10.0 Å². The Labute approximate surface area is 160 Å². The van der Waals surface area contributed by atoms with E-state index in [9.17, 15) is 13.2 Å². The first-order valence-electron chi connectivity index (χ1n) is 9.33. The van der Waals surface area contributed by atoms with Crippen molar-refractivity contribution in [3.8, 4) is 0 Å². The van der Waals surface area contributed by atoms with E-state index < -0.39 is 10.0 Å². The smallest absolute Gasteiger partial charge is 0.289 e. The average molecular weight is 391 g/mol. The van der Waals surface area contributed by atoms with Crippen LogP contribution in [0.4, 0.5) is 0 Å². The summed E-state index contributed by atoms with van der Waals surface area (Å²) in [4.78, 5) is 14.6. The molecule has 3 rings (SSSR count). The number of carbonyl (C=O) groups is 1. The Morgan fingerprint density at radius 3 is 2.63 bits per heavy atom. The molecule has 1 saturated heterocycles. The first-order chi connectivity index (χ1) is 12.9. The predicted octanol–water partition coefficient (Wildman–Crippen LogP) is 2.98. The largest absolute Gasteiger partial charge is 0.456 e. The molecular formula is C20H26N2O4S. The lowest BCUT2D eigenvalue weighted by Crippen LogP contribution is -2.43.